The van der Waals surface area contributed by atoms with Gasteiger partial charge in [0.1, 0.15) is 24.5 Å². The highest BCUT2D eigenvalue weighted by molar-refractivity contribution is 6.31. The summed E-state index contributed by atoms with van der Waals surface area (Å²) in [5.41, 5.74) is 3.95. The molecule has 4 rings (SSSR count). The van der Waals surface area contributed by atoms with E-state index in [1.807, 2.05) is 6.07 Å². The van der Waals surface area contributed by atoms with Gasteiger partial charge in [0.2, 0.25) is 0 Å². The van der Waals surface area contributed by atoms with Crippen LogP contribution < -0.4 is 4.74 Å². The van der Waals surface area contributed by atoms with E-state index >= 15 is 0 Å². The average molecular weight is 549 g/mol. The molecule has 39 heavy (non-hydrogen) atoms. The first-order chi connectivity index (χ1) is 18.5. The minimum atomic E-state index is -0.940. The number of nitrogens with zero attached hydrogens (tertiary/aromatic N) is 2. The average Bonchev–Trinajstić information content (AvgIpc) is 3.18. The number of ether oxygens (including phenoxy) is 2. The Kier molecular flexibility index (Phi) is 8.62. The van der Waals surface area contributed by atoms with Gasteiger partial charge in [-0.25, -0.2) is 4.79 Å². The number of hydrogen-bond donors (Lipinski definition) is 1. The third-order valence-electron chi connectivity index (χ3n) is 8.15. The van der Waals surface area contributed by atoms with E-state index in [1.165, 1.54) is 11.1 Å². The van der Waals surface area contributed by atoms with Gasteiger partial charge in [-0.3, -0.25) is 4.90 Å². The lowest BCUT2D eigenvalue weighted by atomic mass is 9.48. The topological polar surface area (TPSA) is 82.8 Å². The summed E-state index contributed by atoms with van der Waals surface area (Å²) in [6.45, 7) is 12.5. The zero-order valence-electron chi connectivity index (χ0n) is 23.4. The molecule has 2 aromatic rings. The summed E-state index contributed by atoms with van der Waals surface area (Å²) < 4.78 is 11.6. The van der Waals surface area contributed by atoms with Gasteiger partial charge in [0.05, 0.1) is 10.6 Å². The van der Waals surface area contributed by atoms with E-state index in [2.05, 4.69) is 75.6 Å². The molecule has 0 bridgehead atoms. The number of hydrogen-bond acceptors (Lipinski definition) is 5. The van der Waals surface area contributed by atoms with Crippen LogP contribution in [0.4, 0.5) is 0 Å². The largest absolute Gasteiger partial charge is 0.489 e. The number of benzene rings is 2. The van der Waals surface area contributed by atoms with Crippen molar-refractivity contribution >= 4 is 17.6 Å². The van der Waals surface area contributed by atoms with Crippen molar-refractivity contribution < 1.29 is 19.4 Å². The predicted molar refractivity (Wildman–Crippen MR) is 152 cm³/mol. The van der Waals surface area contributed by atoms with Gasteiger partial charge >= 0.3 is 5.97 Å². The van der Waals surface area contributed by atoms with E-state index < -0.39 is 5.97 Å². The second-order valence-electron chi connectivity index (χ2n) is 11.8. The summed E-state index contributed by atoms with van der Waals surface area (Å²) in [6.07, 6.45) is 2.43. The molecular formula is C32H37ClN2O4. The summed E-state index contributed by atoms with van der Waals surface area (Å²) in [7, 11) is 0. The summed E-state index contributed by atoms with van der Waals surface area (Å²) in [4.78, 5) is 13.1. The van der Waals surface area contributed by atoms with Crippen molar-refractivity contribution in [1.82, 2.24) is 4.90 Å². The number of carbonyl (C=O) groups is 1. The molecule has 1 aliphatic carbocycles. The normalized spacial score (nSPS) is 22.6. The lowest BCUT2D eigenvalue weighted by molar-refractivity contribution is -0.216. The number of rotatable bonds is 9. The molecule has 1 fully saturated rings. The molecule has 2 aliphatic rings. The van der Waals surface area contributed by atoms with Crippen molar-refractivity contribution in [3.05, 3.63) is 63.7 Å². The summed E-state index contributed by atoms with van der Waals surface area (Å²) >= 11 is 6.26. The molecule has 6 nitrogen and oxygen atoms in total. The van der Waals surface area contributed by atoms with Crippen molar-refractivity contribution in [3.63, 3.8) is 0 Å². The first kappa shape index (κ1) is 29.0. The first-order valence-electron chi connectivity index (χ1n) is 13.5. The van der Waals surface area contributed by atoms with Gasteiger partial charge in [0, 0.05) is 54.1 Å². The number of unbranched alkanes of at least 4 members (excludes halogenated alkanes) is 2. The molecule has 1 heterocycles. The fraction of sp³-hybridized carbons (Fsp3) is 0.500. The number of nitriles is 1. The van der Waals surface area contributed by atoms with E-state index in [0.29, 0.717) is 35.0 Å². The molecule has 2 aromatic carbocycles. The van der Waals surface area contributed by atoms with Gasteiger partial charge in [-0.2, -0.15) is 5.26 Å². The van der Waals surface area contributed by atoms with Gasteiger partial charge in [0.25, 0.3) is 0 Å². The van der Waals surface area contributed by atoms with Gasteiger partial charge < -0.3 is 14.6 Å². The zero-order chi connectivity index (χ0) is 28.4. The van der Waals surface area contributed by atoms with Gasteiger partial charge in [-0.1, -0.05) is 57.2 Å². The SMILES string of the molecule is CC1c2ccc(C#CCCCCOCC(=O)O)cc2CN1C1C(C)(C)C(Oc2ccc(C#N)c(Cl)c2)C1(C)C. The van der Waals surface area contributed by atoms with Crippen LogP contribution in [0.25, 0.3) is 0 Å². The molecule has 0 amide bonds. The Balaban J connectivity index is 1.39. The predicted octanol–water partition coefficient (Wildman–Crippen LogP) is 6.59. The third-order valence-corrected chi connectivity index (χ3v) is 8.46. The molecule has 1 atom stereocenters. The Hall–Kier alpha value is -3.03. The van der Waals surface area contributed by atoms with Crippen LogP contribution in [-0.4, -0.2) is 41.3 Å². The van der Waals surface area contributed by atoms with Crippen LogP contribution in [0.5, 0.6) is 5.75 Å². The molecule has 1 N–H and O–H groups in total. The fourth-order valence-electron chi connectivity index (χ4n) is 6.86. The number of halogens is 1. The second-order valence-corrected chi connectivity index (χ2v) is 12.2. The standard InChI is InChI=1S/C32H37ClN2O4/c1-21-26-14-11-22(10-8-6-7-9-15-38-20-28(36)37)16-24(26)19-35(21)29-31(2,3)30(32(29,4)5)39-25-13-12-23(18-34)27(33)17-25/h11-14,16-17,21,29-30H,6-7,9,15,19-20H2,1-5H3,(H,36,37). The van der Waals surface area contributed by atoms with Crippen LogP contribution in [0, 0.1) is 34.0 Å². The number of fused-ring (bicyclic) bond motifs is 1. The number of aliphatic carboxylic acids is 1. The zero-order valence-corrected chi connectivity index (χ0v) is 24.1. The van der Waals surface area contributed by atoms with Crippen molar-refractivity contribution in [2.75, 3.05) is 13.2 Å². The number of carboxylic acids is 1. The highest BCUT2D eigenvalue weighted by Crippen LogP contribution is 2.60. The summed E-state index contributed by atoms with van der Waals surface area (Å²) in [5.74, 6) is 6.30. The van der Waals surface area contributed by atoms with Crippen LogP contribution in [0.15, 0.2) is 36.4 Å². The highest BCUT2D eigenvalue weighted by Gasteiger charge is 2.66. The van der Waals surface area contributed by atoms with Crippen molar-refractivity contribution in [2.45, 2.75) is 78.6 Å². The molecule has 7 heteroatoms. The van der Waals surface area contributed by atoms with Gasteiger partial charge in [-0.05, 0) is 55.2 Å². The van der Waals surface area contributed by atoms with Crippen LogP contribution >= 0.6 is 11.6 Å². The number of carboxylic acid groups (broad SMARTS) is 1. The Morgan fingerprint density at radius 1 is 1.15 bits per heavy atom. The Bertz CT molecular complexity index is 1320. The lowest BCUT2D eigenvalue weighted by Gasteiger charge is -2.66. The van der Waals surface area contributed by atoms with Crippen LogP contribution in [-0.2, 0) is 16.1 Å². The quantitative estimate of drug-likeness (QED) is 0.281. The van der Waals surface area contributed by atoms with Crippen LogP contribution in [0.3, 0.4) is 0 Å². The molecule has 1 saturated carbocycles. The van der Waals surface area contributed by atoms with Crippen LogP contribution in [0.2, 0.25) is 5.02 Å². The molecule has 1 unspecified atom stereocenters. The van der Waals surface area contributed by atoms with E-state index in [4.69, 9.17) is 26.2 Å². The van der Waals surface area contributed by atoms with Gasteiger partial charge in [0.15, 0.2) is 0 Å². The van der Waals surface area contributed by atoms with E-state index in [9.17, 15) is 10.1 Å². The van der Waals surface area contributed by atoms with E-state index in [0.717, 1.165) is 31.4 Å². The van der Waals surface area contributed by atoms with Crippen LogP contribution in [0.1, 0.15) is 82.2 Å². The maximum Gasteiger partial charge on any atom is 0.329 e. The van der Waals surface area contributed by atoms with E-state index in [1.54, 1.807) is 12.1 Å². The minimum Gasteiger partial charge on any atom is -0.489 e. The lowest BCUT2D eigenvalue weighted by Crippen LogP contribution is -2.74. The molecule has 0 aromatic heterocycles. The van der Waals surface area contributed by atoms with E-state index in [-0.39, 0.29) is 23.5 Å². The maximum absolute atomic E-state index is 10.5. The Morgan fingerprint density at radius 3 is 2.56 bits per heavy atom. The molecule has 0 saturated heterocycles. The monoisotopic (exact) mass is 548 g/mol. The van der Waals surface area contributed by atoms with Crippen molar-refractivity contribution in [1.29, 1.82) is 5.26 Å². The Morgan fingerprint density at radius 2 is 1.90 bits per heavy atom. The third kappa shape index (κ3) is 5.94. The molecule has 0 radical (unpaired) electrons. The van der Waals surface area contributed by atoms with Crippen molar-refractivity contribution in [2.24, 2.45) is 10.8 Å². The first-order valence-corrected chi connectivity index (χ1v) is 13.9. The smallest absolute Gasteiger partial charge is 0.329 e. The molecular weight excluding hydrogens is 512 g/mol. The van der Waals surface area contributed by atoms with Crippen molar-refractivity contribution in [3.8, 4) is 23.7 Å². The minimum absolute atomic E-state index is 0.00845. The second kappa shape index (κ2) is 11.6. The molecule has 1 aliphatic heterocycles. The summed E-state index contributed by atoms with van der Waals surface area (Å²) in [5, 5.41) is 18.2. The fourth-order valence-corrected chi connectivity index (χ4v) is 7.07. The summed E-state index contributed by atoms with van der Waals surface area (Å²) in [6, 6.07) is 14.5. The maximum atomic E-state index is 10.5. The molecule has 0 spiro atoms. The molecule has 206 valence electrons. The highest BCUT2D eigenvalue weighted by atomic mass is 35.5. The van der Waals surface area contributed by atoms with Gasteiger partial charge in [-0.15, -0.1) is 0 Å². The Labute approximate surface area is 236 Å².